The summed E-state index contributed by atoms with van der Waals surface area (Å²) in [7, 11) is 2.49. The average molecular weight is 396 g/mol. The lowest BCUT2D eigenvalue weighted by Crippen LogP contribution is -2.33. The van der Waals surface area contributed by atoms with E-state index in [2.05, 4.69) is 22.8 Å². The van der Waals surface area contributed by atoms with Crippen molar-refractivity contribution in [2.45, 2.75) is 25.3 Å². The summed E-state index contributed by atoms with van der Waals surface area (Å²) in [5, 5.41) is 6.03. The highest BCUT2D eigenvalue weighted by Gasteiger charge is 2.20. The van der Waals surface area contributed by atoms with Gasteiger partial charge >= 0.3 is 11.9 Å². The third-order valence-corrected chi connectivity index (χ3v) is 4.94. The molecule has 7 heteroatoms. The van der Waals surface area contributed by atoms with Gasteiger partial charge in [-0.1, -0.05) is 24.3 Å². The summed E-state index contributed by atoms with van der Waals surface area (Å²) in [6.07, 6.45) is 3.09. The van der Waals surface area contributed by atoms with E-state index in [9.17, 15) is 14.4 Å². The molecule has 1 amide bonds. The van der Waals surface area contributed by atoms with Crippen LogP contribution < -0.4 is 10.6 Å². The topological polar surface area (TPSA) is 93.7 Å². The summed E-state index contributed by atoms with van der Waals surface area (Å²) in [6, 6.07) is 12.7. The number of benzene rings is 2. The number of amides is 1. The fraction of sp³-hybridized carbons (Fsp3) is 0.318. The van der Waals surface area contributed by atoms with Crippen molar-refractivity contribution in [2.24, 2.45) is 0 Å². The molecule has 3 rings (SSSR count). The third-order valence-electron chi connectivity index (χ3n) is 4.94. The Morgan fingerprint density at radius 2 is 1.66 bits per heavy atom. The Balaban J connectivity index is 1.69. The summed E-state index contributed by atoms with van der Waals surface area (Å²) in [6.45, 7) is 0.106. The lowest BCUT2D eigenvalue weighted by Gasteiger charge is -2.26. The second-order valence-electron chi connectivity index (χ2n) is 6.85. The Morgan fingerprint density at radius 1 is 1.00 bits per heavy atom. The Bertz CT molecular complexity index is 891. The number of ether oxygens (including phenoxy) is 2. The molecule has 0 unspecified atom stereocenters. The number of hydrogen-bond acceptors (Lipinski definition) is 6. The fourth-order valence-electron chi connectivity index (χ4n) is 3.56. The summed E-state index contributed by atoms with van der Waals surface area (Å²) in [5.41, 5.74) is 3.17. The average Bonchev–Trinajstić information content (AvgIpc) is 2.76. The molecule has 2 N–H and O–H groups in total. The van der Waals surface area contributed by atoms with E-state index in [-0.39, 0.29) is 29.6 Å². The molecule has 0 aromatic heterocycles. The molecule has 0 saturated heterocycles. The lowest BCUT2D eigenvalue weighted by molar-refractivity contribution is -0.115. The van der Waals surface area contributed by atoms with Crippen LogP contribution in [0.25, 0.3) is 0 Å². The number of rotatable bonds is 6. The molecule has 152 valence electrons. The molecule has 1 aliphatic rings. The van der Waals surface area contributed by atoms with Gasteiger partial charge in [0.05, 0.1) is 31.9 Å². The molecule has 0 heterocycles. The van der Waals surface area contributed by atoms with Crippen molar-refractivity contribution in [3.8, 4) is 0 Å². The van der Waals surface area contributed by atoms with Gasteiger partial charge in [0, 0.05) is 11.7 Å². The van der Waals surface area contributed by atoms with Crippen molar-refractivity contribution >= 4 is 23.5 Å². The third kappa shape index (κ3) is 5.00. The maximum atomic E-state index is 12.5. The van der Waals surface area contributed by atoms with Crippen LogP contribution in [0.5, 0.6) is 0 Å². The van der Waals surface area contributed by atoms with Crippen LogP contribution in [0.2, 0.25) is 0 Å². The predicted molar refractivity (Wildman–Crippen MR) is 108 cm³/mol. The zero-order valence-corrected chi connectivity index (χ0v) is 16.5. The first-order valence-electron chi connectivity index (χ1n) is 9.44. The highest BCUT2D eigenvalue weighted by molar-refractivity contribution is 5.99. The largest absolute Gasteiger partial charge is 0.465 e. The molecule has 0 radical (unpaired) electrons. The first kappa shape index (κ1) is 20.5. The number of fused-ring (bicyclic) bond motifs is 1. The van der Waals surface area contributed by atoms with Crippen LogP contribution in [-0.2, 0) is 20.7 Å². The van der Waals surface area contributed by atoms with Gasteiger partial charge in [-0.25, -0.2) is 9.59 Å². The van der Waals surface area contributed by atoms with Gasteiger partial charge in [0.15, 0.2) is 0 Å². The summed E-state index contributed by atoms with van der Waals surface area (Å²) < 4.78 is 9.42. The van der Waals surface area contributed by atoms with Gasteiger partial charge in [0.1, 0.15) is 0 Å². The van der Waals surface area contributed by atoms with Crippen molar-refractivity contribution in [2.75, 3.05) is 26.1 Å². The van der Waals surface area contributed by atoms with Crippen molar-refractivity contribution in [1.82, 2.24) is 5.32 Å². The number of carbonyl (C=O) groups excluding carboxylic acids is 3. The molecule has 29 heavy (non-hydrogen) atoms. The SMILES string of the molecule is COC(=O)c1cc(NC(=O)CN[C@@H]2CCCc3ccccc32)cc(C(=O)OC)c1. The van der Waals surface area contributed by atoms with E-state index in [1.165, 1.54) is 43.5 Å². The van der Waals surface area contributed by atoms with E-state index in [1.807, 2.05) is 12.1 Å². The van der Waals surface area contributed by atoms with Crippen LogP contribution in [0, 0.1) is 0 Å². The molecule has 0 fully saturated rings. The molecular formula is C22H24N2O5. The molecule has 2 aromatic rings. The first-order valence-corrected chi connectivity index (χ1v) is 9.44. The van der Waals surface area contributed by atoms with Gasteiger partial charge < -0.3 is 20.1 Å². The lowest BCUT2D eigenvalue weighted by atomic mass is 9.88. The second kappa shape index (κ2) is 9.34. The normalized spacial score (nSPS) is 15.2. The van der Waals surface area contributed by atoms with Gasteiger partial charge in [-0.3, -0.25) is 4.79 Å². The minimum absolute atomic E-state index is 0.106. The number of hydrogen-bond donors (Lipinski definition) is 2. The van der Waals surface area contributed by atoms with Crippen LogP contribution >= 0.6 is 0 Å². The van der Waals surface area contributed by atoms with E-state index in [1.54, 1.807) is 0 Å². The van der Waals surface area contributed by atoms with Crippen molar-refractivity contribution < 1.29 is 23.9 Å². The molecule has 0 saturated carbocycles. The van der Waals surface area contributed by atoms with Crippen LogP contribution in [-0.4, -0.2) is 38.6 Å². The minimum atomic E-state index is -0.608. The van der Waals surface area contributed by atoms with Gasteiger partial charge in [-0.2, -0.15) is 0 Å². The highest BCUT2D eigenvalue weighted by Crippen LogP contribution is 2.29. The number of esters is 2. The molecule has 7 nitrogen and oxygen atoms in total. The van der Waals surface area contributed by atoms with E-state index in [0.717, 1.165) is 19.3 Å². The zero-order chi connectivity index (χ0) is 20.8. The van der Waals surface area contributed by atoms with Crippen LogP contribution in [0.3, 0.4) is 0 Å². The molecule has 0 bridgehead atoms. The number of anilines is 1. The maximum Gasteiger partial charge on any atom is 0.337 e. The van der Waals surface area contributed by atoms with Crippen molar-refractivity contribution in [1.29, 1.82) is 0 Å². The number of methoxy groups -OCH3 is 2. The number of carbonyl (C=O) groups is 3. The van der Waals surface area contributed by atoms with Crippen molar-refractivity contribution in [3.05, 3.63) is 64.7 Å². The monoisotopic (exact) mass is 396 g/mol. The van der Waals surface area contributed by atoms with E-state index >= 15 is 0 Å². The molecule has 2 aromatic carbocycles. The van der Waals surface area contributed by atoms with Crippen LogP contribution in [0.15, 0.2) is 42.5 Å². The minimum Gasteiger partial charge on any atom is -0.465 e. The fourth-order valence-corrected chi connectivity index (χ4v) is 3.56. The Labute approximate surface area is 169 Å². The molecule has 1 aliphatic carbocycles. The Kier molecular flexibility index (Phi) is 6.61. The van der Waals surface area contributed by atoms with Crippen molar-refractivity contribution in [3.63, 3.8) is 0 Å². The quantitative estimate of drug-likeness (QED) is 0.730. The maximum absolute atomic E-state index is 12.5. The van der Waals surface area contributed by atoms with Gasteiger partial charge in [0.2, 0.25) is 5.91 Å². The Hall–Kier alpha value is -3.19. The number of nitrogens with one attached hydrogen (secondary N) is 2. The smallest absolute Gasteiger partial charge is 0.337 e. The standard InChI is InChI=1S/C22H24N2O5/c1-28-21(26)15-10-16(22(27)29-2)12-17(11-15)24-20(25)13-23-19-9-5-7-14-6-3-4-8-18(14)19/h3-4,6,8,10-12,19,23H,5,7,9,13H2,1-2H3,(H,24,25)/t19-/m1/s1. The van der Waals surface area contributed by atoms with Crippen LogP contribution in [0.4, 0.5) is 5.69 Å². The molecule has 0 spiro atoms. The highest BCUT2D eigenvalue weighted by atomic mass is 16.5. The van der Waals surface area contributed by atoms with Crippen LogP contribution in [0.1, 0.15) is 50.7 Å². The molecule has 0 aliphatic heterocycles. The zero-order valence-electron chi connectivity index (χ0n) is 16.5. The summed E-state index contributed by atoms with van der Waals surface area (Å²) in [5.74, 6) is -1.49. The predicted octanol–water partition coefficient (Wildman–Crippen LogP) is 2.87. The molecular weight excluding hydrogens is 372 g/mol. The molecule has 1 atom stereocenters. The first-order chi connectivity index (χ1) is 14.0. The van der Waals surface area contributed by atoms with Gasteiger partial charge in [-0.15, -0.1) is 0 Å². The van der Waals surface area contributed by atoms with E-state index < -0.39 is 11.9 Å². The Morgan fingerprint density at radius 3 is 2.31 bits per heavy atom. The number of aryl methyl sites for hydroxylation is 1. The van der Waals surface area contributed by atoms with Gasteiger partial charge in [-0.05, 0) is 48.6 Å². The van der Waals surface area contributed by atoms with E-state index in [4.69, 9.17) is 9.47 Å². The summed E-state index contributed by atoms with van der Waals surface area (Å²) in [4.78, 5) is 36.2. The summed E-state index contributed by atoms with van der Waals surface area (Å²) >= 11 is 0. The second-order valence-corrected chi connectivity index (χ2v) is 6.85. The van der Waals surface area contributed by atoms with Gasteiger partial charge in [0.25, 0.3) is 0 Å². The van der Waals surface area contributed by atoms with E-state index in [0.29, 0.717) is 5.69 Å².